The van der Waals surface area contributed by atoms with E-state index in [1.54, 1.807) is 0 Å². The molecule has 3 rings (SSSR count). The van der Waals surface area contributed by atoms with Crippen LogP contribution in [0.5, 0.6) is 0 Å². The molecule has 2 aliphatic rings. The van der Waals surface area contributed by atoms with E-state index in [0.717, 1.165) is 39.0 Å². The molecular weight excluding hydrogens is 318 g/mol. The molecule has 0 bridgehead atoms. The van der Waals surface area contributed by atoms with Crippen molar-refractivity contribution in [2.45, 2.75) is 45.2 Å². The number of aromatic amines is 1. The number of likely N-dealkylation sites (tertiary alicyclic amines) is 2. The van der Waals surface area contributed by atoms with Gasteiger partial charge in [0, 0.05) is 12.6 Å². The molecule has 7 heteroatoms. The predicted molar refractivity (Wildman–Crippen MR) is 96.1 cm³/mol. The Morgan fingerprint density at radius 2 is 2.20 bits per heavy atom. The third-order valence-corrected chi connectivity index (χ3v) is 5.65. The lowest BCUT2D eigenvalue weighted by Crippen LogP contribution is -2.43. The zero-order valence-corrected chi connectivity index (χ0v) is 15.3. The summed E-state index contributed by atoms with van der Waals surface area (Å²) in [5.74, 6) is 0.0614. The van der Waals surface area contributed by atoms with Crippen molar-refractivity contribution in [2.75, 3.05) is 33.2 Å². The molecule has 138 valence electrons. The molecule has 0 aliphatic carbocycles. The van der Waals surface area contributed by atoms with Gasteiger partial charge >= 0.3 is 0 Å². The molecule has 1 atom stereocenters. The van der Waals surface area contributed by atoms with Gasteiger partial charge in [0.05, 0.1) is 24.6 Å². The normalized spacial score (nSPS) is 23.8. The minimum atomic E-state index is -0.196. The molecule has 1 spiro atoms. The highest BCUT2D eigenvalue weighted by Gasteiger charge is 2.47. The minimum absolute atomic E-state index is 0.0614. The fraction of sp³-hybridized carbons (Fsp3) is 0.722. The van der Waals surface area contributed by atoms with Crippen molar-refractivity contribution < 1.29 is 4.79 Å². The van der Waals surface area contributed by atoms with Crippen molar-refractivity contribution in [2.24, 2.45) is 5.41 Å². The fourth-order valence-electron chi connectivity index (χ4n) is 4.18. The highest BCUT2D eigenvalue weighted by Crippen LogP contribution is 2.43. The standard InChI is InChI=1S/C18H29N5O2/c1-3-6-23-12-18(4-7-22(2)8-5-18)10-15(23)17(25)19-11-14-9-16(24)21-13-20-14/h9,13,15H,3-8,10-12H2,1-2H3,(H,19,25)(H,20,21,24)/t15-/m0/s1. The summed E-state index contributed by atoms with van der Waals surface area (Å²) in [5.41, 5.74) is 0.676. The van der Waals surface area contributed by atoms with Gasteiger partial charge in [0.25, 0.3) is 5.56 Å². The first-order valence-electron chi connectivity index (χ1n) is 9.25. The Labute approximate surface area is 148 Å². The maximum absolute atomic E-state index is 12.8. The summed E-state index contributed by atoms with van der Waals surface area (Å²) < 4.78 is 0. The molecule has 2 saturated heterocycles. The lowest BCUT2D eigenvalue weighted by Gasteiger charge is -2.37. The van der Waals surface area contributed by atoms with Crippen LogP contribution in [0.25, 0.3) is 0 Å². The van der Waals surface area contributed by atoms with Gasteiger partial charge in [0.2, 0.25) is 5.91 Å². The molecule has 0 radical (unpaired) electrons. The lowest BCUT2D eigenvalue weighted by atomic mass is 9.76. The van der Waals surface area contributed by atoms with Crippen LogP contribution in [0.4, 0.5) is 0 Å². The number of nitrogens with one attached hydrogen (secondary N) is 2. The highest BCUT2D eigenvalue weighted by atomic mass is 16.2. The van der Waals surface area contributed by atoms with Crippen molar-refractivity contribution in [1.82, 2.24) is 25.1 Å². The van der Waals surface area contributed by atoms with Gasteiger partial charge in [-0.05, 0) is 57.8 Å². The van der Waals surface area contributed by atoms with Crippen LogP contribution in [0.1, 0.15) is 38.3 Å². The average Bonchev–Trinajstić information content (AvgIpc) is 2.95. The molecule has 2 fully saturated rings. The van der Waals surface area contributed by atoms with Crippen LogP contribution in [0.2, 0.25) is 0 Å². The van der Waals surface area contributed by atoms with E-state index >= 15 is 0 Å². The smallest absolute Gasteiger partial charge is 0.250 e. The van der Waals surface area contributed by atoms with E-state index in [-0.39, 0.29) is 22.9 Å². The predicted octanol–water partition coefficient (Wildman–Crippen LogP) is 0.582. The maximum Gasteiger partial charge on any atom is 0.250 e. The first kappa shape index (κ1) is 18.1. The molecule has 0 unspecified atom stereocenters. The quantitative estimate of drug-likeness (QED) is 0.814. The van der Waals surface area contributed by atoms with Crippen LogP contribution in [-0.2, 0) is 11.3 Å². The van der Waals surface area contributed by atoms with E-state index in [9.17, 15) is 9.59 Å². The Morgan fingerprint density at radius 3 is 2.88 bits per heavy atom. The summed E-state index contributed by atoms with van der Waals surface area (Å²) in [6.07, 6.45) is 5.70. The van der Waals surface area contributed by atoms with Gasteiger partial charge in [0.15, 0.2) is 0 Å². The van der Waals surface area contributed by atoms with Gasteiger partial charge in [-0.25, -0.2) is 4.98 Å². The Morgan fingerprint density at radius 1 is 1.44 bits per heavy atom. The number of H-pyrrole nitrogens is 1. The van der Waals surface area contributed by atoms with Crippen LogP contribution in [0.15, 0.2) is 17.2 Å². The van der Waals surface area contributed by atoms with E-state index in [0.29, 0.717) is 12.2 Å². The van der Waals surface area contributed by atoms with Gasteiger partial charge in [-0.2, -0.15) is 0 Å². The largest absolute Gasteiger partial charge is 0.349 e. The third-order valence-electron chi connectivity index (χ3n) is 5.65. The van der Waals surface area contributed by atoms with E-state index in [4.69, 9.17) is 0 Å². The number of amides is 1. The first-order valence-corrected chi connectivity index (χ1v) is 9.25. The summed E-state index contributed by atoms with van der Waals surface area (Å²) in [6, 6.07) is 1.36. The number of piperidine rings is 1. The van der Waals surface area contributed by atoms with E-state index in [1.807, 2.05) is 0 Å². The van der Waals surface area contributed by atoms with Gasteiger partial charge in [0.1, 0.15) is 0 Å². The molecule has 2 aliphatic heterocycles. The van der Waals surface area contributed by atoms with Gasteiger partial charge in [-0.15, -0.1) is 0 Å². The number of hydrogen-bond acceptors (Lipinski definition) is 5. The minimum Gasteiger partial charge on any atom is -0.349 e. The SMILES string of the molecule is CCCN1CC2(CCN(C)CC2)C[C@H]1C(=O)NCc1cc(=O)[nH]cn1. The number of carbonyl (C=O) groups excluding carboxylic acids is 1. The van der Waals surface area contributed by atoms with Crippen molar-refractivity contribution >= 4 is 5.91 Å². The molecule has 25 heavy (non-hydrogen) atoms. The summed E-state index contributed by atoms with van der Waals surface area (Å²) in [4.78, 5) is 35.5. The molecule has 0 aromatic carbocycles. The van der Waals surface area contributed by atoms with Crippen LogP contribution in [0.3, 0.4) is 0 Å². The molecule has 0 saturated carbocycles. The highest BCUT2D eigenvalue weighted by molar-refractivity contribution is 5.82. The summed E-state index contributed by atoms with van der Waals surface area (Å²) in [5, 5.41) is 2.98. The Balaban J connectivity index is 1.64. The topological polar surface area (TPSA) is 81.3 Å². The van der Waals surface area contributed by atoms with Gasteiger partial charge in [-0.1, -0.05) is 6.92 Å². The van der Waals surface area contributed by atoms with E-state index < -0.39 is 0 Å². The van der Waals surface area contributed by atoms with Crippen LogP contribution in [0, 0.1) is 5.41 Å². The van der Waals surface area contributed by atoms with Crippen molar-refractivity contribution in [3.63, 3.8) is 0 Å². The Kier molecular flexibility index (Phi) is 5.54. The fourth-order valence-corrected chi connectivity index (χ4v) is 4.18. The second-order valence-corrected chi connectivity index (χ2v) is 7.61. The molecule has 2 N–H and O–H groups in total. The summed E-state index contributed by atoms with van der Waals surface area (Å²) >= 11 is 0. The number of rotatable bonds is 5. The van der Waals surface area contributed by atoms with E-state index in [2.05, 4.69) is 39.1 Å². The van der Waals surface area contributed by atoms with Crippen molar-refractivity contribution in [3.05, 3.63) is 28.4 Å². The van der Waals surface area contributed by atoms with Crippen LogP contribution < -0.4 is 10.9 Å². The molecular formula is C18H29N5O2. The average molecular weight is 347 g/mol. The second kappa shape index (κ2) is 7.66. The number of carbonyl (C=O) groups is 1. The van der Waals surface area contributed by atoms with Crippen molar-refractivity contribution in [1.29, 1.82) is 0 Å². The molecule has 3 heterocycles. The number of hydrogen-bond donors (Lipinski definition) is 2. The van der Waals surface area contributed by atoms with Gasteiger partial charge in [-0.3, -0.25) is 14.5 Å². The molecule has 1 aromatic rings. The maximum atomic E-state index is 12.8. The lowest BCUT2D eigenvalue weighted by molar-refractivity contribution is -0.125. The van der Waals surface area contributed by atoms with Crippen LogP contribution in [-0.4, -0.2) is 64.9 Å². The van der Waals surface area contributed by atoms with Gasteiger partial charge < -0.3 is 15.2 Å². The zero-order valence-electron chi connectivity index (χ0n) is 15.3. The number of aromatic nitrogens is 2. The first-order chi connectivity index (χ1) is 12.0. The van der Waals surface area contributed by atoms with Crippen molar-refractivity contribution in [3.8, 4) is 0 Å². The molecule has 1 amide bonds. The molecule has 1 aromatic heterocycles. The van der Waals surface area contributed by atoms with Crippen LogP contribution >= 0.6 is 0 Å². The third kappa shape index (κ3) is 4.27. The zero-order chi connectivity index (χ0) is 17.9. The number of nitrogens with zero attached hydrogens (tertiary/aromatic N) is 3. The Hall–Kier alpha value is -1.73. The summed E-state index contributed by atoms with van der Waals surface area (Å²) in [7, 11) is 2.17. The monoisotopic (exact) mass is 347 g/mol. The second-order valence-electron chi connectivity index (χ2n) is 7.61. The summed E-state index contributed by atoms with van der Waals surface area (Å²) in [6.45, 7) is 6.68. The van der Waals surface area contributed by atoms with E-state index in [1.165, 1.54) is 25.2 Å². The molecule has 7 nitrogen and oxygen atoms in total. The Bertz CT molecular complexity index is 651.